The summed E-state index contributed by atoms with van der Waals surface area (Å²) in [6, 6.07) is 10.6. The summed E-state index contributed by atoms with van der Waals surface area (Å²) >= 11 is 1.61. The van der Waals surface area contributed by atoms with Gasteiger partial charge >= 0.3 is 0 Å². The zero-order valence-electron chi connectivity index (χ0n) is 16.8. The molecule has 1 aromatic carbocycles. The molecule has 0 atom stereocenters. The number of anilines is 1. The second kappa shape index (κ2) is 9.44. The molecule has 2 aromatic heterocycles. The minimum Gasteiger partial charge on any atom is -0.355 e. The molecule has 0 radical (unpaired) electrons. The van der Waals surface area contributed by atoms with Gasteiger partial charge in [-0.25, -0.2) is 13.9 Å². The molecule has 0 saturated carbocycles. The van der Waals surface area contributed by atoms with E-state index in [1.54, 1.807) is 34.6 Å². The molecule has 30 heavy (non-hydrogen) atoms. The van der Waals surface area contributed by atoms with Crippen molar-refractivity contribution < 1.29 is 9.18 Å². The van der Waals surface area contributed by atoms with Crippen LogP contribution in [0.25, 0.3) is 5.65 Å². The Kier molecular flexibility index (Phi) is 6.49. The molecule has 0 aliphatic carbocycles. The predicted molar refractivity (Wildman–Crippen MR) is 117 cm³/mol. The minimum atomic E-state index is -0.173. The third kappa shape index (κ3) is 4.73. The standard InChI is InChI=1S/C14H18N6O.C7H7FS/c21-14(17-10-7-15-8-10)11-9-16-12-3-4-13(18-20(11)12)19-5-1-2-6-19;1-9-7-4-2-6(8)3-5-7/h3-4,9-10,15H,1-2,5-8H2,(H,17,21);2-5H,1H3. The van der Waals surface area contributed by atoms with E-state index in [9.17, 15) is 9.18 Å². The Morgan fingerprint density at radius 2 is 1.90 bits per heavy atom. The molecule has 7 nitrogen and oxygen atoms in total. The number of hydrogen-bond acceptors (Lipinski definition) is 6. The molecule has 4 heterocycles. The number of nitrogens with zero attached hydrogens (tertiary/aromatic N) is 4. The quantitative estimate of drug-likeness (QED) is 0.623. The van der Waals surface area contributed by atoms with Crippen LogP contribution in [0.15, 0.2) is 47.5 Å². The molecule has 5 rings (SSSR count). The van der Waals surface area contributed by atoms with E-state index in [1.807, 2.05) is 18.4 Å². The summed E-state index contributed by atoms with van der Waals surface area (Å²) in [5, 5.41) is 10.7. The van der Waals surface area contributed by atoms with Gasteiger partial charge in [0, 0.05) is 31.1 Å². The summed E-state index contributed by atoms with van der Waals surface area (Å²) in [5.74, 6) is 0.630. The number of carbonyl (C=O) groups excluding carboxylic acids is 1. The molecule has 9 heteroatoms. The molecule has 0 bridgehead atoms. The van der Waals surface area contributed by atoms with Gasteiger partial charge in [-0.3, -0.25) is 4.79 Å². The largest absolute Gasteiger partial charge is 0.355 e. The highest BCUT2D eigenvalue weighted by Gasteiger charge is 2.22. The van der Waals surface area contributed by atoms with Gasteiger partial charge in [0.05, 0.1) is 12.2 Å². The van der Waals surface area contributed by atoms with E-state index in [-0.39, 0.29) is 17.8 Å². The first-order chi connectivity index (χ1) is 14.6. The summed E-state index contributed by atoms with van der Waals surface area (Å²) in [5.41, 5.74) is 1.20. The zero-order valence-corrected chi connectivity index (χ0v) is 17.7. The smallest absolute Gasteiger partial charge is 0.271 e. The lowest BCUT2D eigenvalue weighted by atomic mass is 10.2. The van der Waals surface area contributed by atoms with E-state index in [0.29, 0.717) is 11.3 Å². The SMILES string of the molecule is CSc1ccc(F)cc1.O=C(NC1CNC1)c1cnc2ccc(N3CCCC3)nn12. The number of nitrogens with one attached hydrogen (secondary N) is 2. The predicted octanol–water partition coefficient (Wildman–Crippen LogP) is 2.58. The summed E-state index contributed by atoms with van der Waals surface area (Å²) in [4.78, 5) is 19.9. The first kappa shape index (κ1) is 20.6. The van der Waals surface area contributed by atoms with Gasteiger partial charge < -0.3 is 15.5 Å². The monoisotopic (exact) mass is 428 g/mol. The molecule has 0 spiro atoms. The van der Waals surface area contributed by atoms with Crippen LogP contribution in [0.2, 0.25) is 0 Å². The first-order valence-electron chi connectivity index (χ1n) is 10.0. The van der Waals surface area contributed by atoms with Crippen LogP contribution in [0.3, 0.4) is 0 Å². The lowest BCUT2D eigenvalue weighted by Gasteiger charge is -2.27. The van der Waals surface area contributed by atoms with Crippen LogP contribution < -0.4 is 15.5 Å². The Labute approximate surface area is 179 Å². The number of carbonyl (C=O) groups is 1. The average molecular weight is 429 g/mol. The van der Waals surface area contributed by atoms with Crippen molar-refractivity contribution in [3.05, 3.63) is 54.1 Å². The fourth-order valence-corrected chi connectivity index (χ4v) is 3.76. The van der Waals surface area contributed by atoms with Gasteiger partial charge in [-0.2, -0.15) is 0 Å². The van der Waals surface area contributed by atoms with Crippen LogP contribution in [0.4, 0.5) is 10.2 Å². The maximum absolute atomic E-state index is 12.3. The Morgan fingerprint density at radius 3 is 2.53 bits per heavy atom. The highest BCUT2D eigenvalue weighted by atomic mass is 32.2. The Balaban J connectivity index is 0.000000204. The number of halogens is 1. The number of hydrogen-bond donors (Lipinski definition) is 2. The number of fused-ring (bicyclic) bond motifs is 1. The minimum absolute atomic E-state index is 0.111. The maximum Gasteiger partial charge on any atom is 0.271 e. The van der Waals surface area contributed by atoms with Crippen LogP contribution in [0, 0.1) is 5.82 Å². The highest BCUT2D eigenvalue weighted by molar-refractivity contribution is 7.98. The van der Waals surface area contributed by atoms with Gasteiger partial charge in [-0.15, -0.1) is 16.9 Å². The van der Waals surface area contributed by atoms with E-state index in [4.69, 9.17) is 0 Å². The molecule has 158 valence electrons. The van der Waals surface area contributed by atoms with E-state index in [0.717, 1.165) is 36.9 Å². The Hall–Kier alpha value is -2.65. The second-order valence-corrected chi connectivity index (χ2v) is 8.17. The third-order valence-electron chi connectivity index (χ3n) is 5.18. The van der Waals surface area contributed by atoms with Crippen molar-refractivity contribution in [1.29, 1.82) is 0 Å². The van der Waals surface area contributed by atoms with Gasteiger partial charge in [-0.1, -0.05) is 0 Å². The topological polar surface area (TPSA) is 74.6 Å². The van der Waals surface area contributed by atoms with E-state index >= 15 is 0 Å². The third-order valence-corrected chi connectivity index (χ3v) is 5.92. The van der Waals surface area contributed by atoms with E-state index in [2.05, 4.69) is 25.6 Å². The van der Waals surface area contributed by atoms with Crippen LogP contribution in [-0.4, -0.2) is 59.0 Å². The molecule has 2 N–H and O–H groups in total. The first-order valence-corrected chi connectivity index (χ1v) is 11.3. The lowest BCUT2D eigenvalue weighted by Crippen LogP contribution is -2.57. The van der Waals surface area contributed by atoms with Gasteiger partial charge in [0.1, 0.15) is 11.6 Å². The number of benzene rings is 1. The summed E-state index contributed by atoms with van der Waals surface area (Å²) in [6.45, 7) is 3.72. The fourth-order valence-electron chi connectivity index (χ4n) is 3.35. The number of aromatic nitrogens is 3. The van der Waals surface area contributed by atoms with Gasteiger partial charge in [0.2, 0.25) is 0 Å². The number of imidazole rings is 1. The van der Waals surface area contributed by atoms with Gasteiger partial charge in [-0.05, 0) is 55.5 Å². The van der Waals surface area contributed by atoms with Crippen molar-refractivity contribution in [2.45, 2.75) is 23.8 Å². The van der Waals surface area contributed by atoms with Crippen molar-refractivity contribution in [2.75, 3.05) is 37.3 Å². The van der Waals surface area contributed by atoms with Crippen molar-refractivity contribution in [3.8, 4) is 0 Å². The number of rotatable bonds is 4. The van der Waals surface area contributed by atoms with E-state index in [1.165, 1.54) is 25.0 Å². The van der Waals surface area contributed by atoms with Crippen molar-refractivity contribution in [1.82, 2.24) is 25.2 Å². The van der Waals surface area contributed by atoms with Gasteiger partial charge in [0.15, 0.2) is 11.3 Å². The Bertz CT molecular complexity index is 998. The average Bonchev–Trinajstić information content (AvgIpc) is 3.41. The van der Waals surface area contributed by atoms with Crippen LogP contribution in [-0.2, 0) is 0 Å². The summed E-state index contributed by atoms with van der Waals surface area (Å²) in [6.07, 6.45) is 5.96. The van der Waals surface area contributed by atoms with Crippen LogP contribution in [0.5, 0.6) is 0 Å². The molecule has 3 aromatic rings. The van der Waals surface area contributed by atoms with Gasteiger partial charge in [0.25, 0.3) is 5.91 Å². The number of thioether (sulfide) groups is 1. The molecule has 2 saturated heterocycles. The molecule has 2 fully saturated rings. The molecule has 1 amide bonds. The van der Waals surface area contributed by atoms with Crippen molar-refractivity contribution in [2.24, 2.45) is 0 Å². The normalized spacial score (nSPS) is 16.1. The van der Waals surface area contributed by atoms with Crippen molar-refractivity contribution in [3.63, 3.8) is 0 Å². The van der Waals surface area contributed by atoms with E-state index < -0.39 is 0 Å². The molecule has 2 aliphatic heterocycles. The van der Waals surface area contributed by atoms with Crippen LogP contribution >= 0.6 is 11.8 Å². The maximum atomic E-state index is 12.3. The van der Waals surface area contributed by atoms with Crippen molar-refractivity contribution >= 4 is 29.1 Å². The Morgan fingerprint density at radius 1 is 1.17 bits per heavy atom. The highest BCUT2D eigenvalue weighted by Crippen LogP contribution is 2.18. The van der Waals surface area contributed by atoms with Crippen LogP contribution in [0.1, 0.15) is 23.3 Å². The molecular formula is C21H25FN6OS. The zero-order chi connectivity index (χ0) is 20.9. The molecule has 0 unspecified atom stereocenters. The second-order valence-electron chi connectivity index (χ2n) is 7.29. The fraction of sp³-hybridized carbons (Fsp3) is 0.381. The molecule has 2 aliphatic rings. The summed E-state index contributed by atoms with van der Waals surface area (Å²) < 4.78 is 13.9. The summed E-state index contributed by atoms with van der Waals surface area (Å²) in [7, 11) is 0. The lowest BCUT2D eigenvalue weighted by molar-refractivity contribution is 0.0916. The molecular weight excluding hydrogens is 403 g/mol. The number of amides is 1.